The smallest absolute Gasteiger partial charge is 0.159 e. The van der Waals surface area contributed by atoms with Crippen LogP contribution in [0.2, 0.25) is 0 Å². The van der Waals surface area contributed by atoms with Crippen LogP contribution >= 0.6 is 0 Å². The summed E-state index contributed by atoms with van der Waals surface area (Å²) in [6, 6.07) is 0. The second-order valence-electron chi connectivity index (χ2n) is 2.95. The van der Waals surface area contributed by atoms with Gasteiger partial charge in [0.15, 0.2) is 5.78 Å². The van der Waals surface area contributed by atoms with Gasteiger partial charge in [-0.3, -0.25) is 4.79 Å². The minimum atomic E-state index is 0.251. The first-order valence-corrected chi connectivity index (χ1v) is 3.88. The molecule has 0 saturated heterocycles. The summed E-state index contributed by atoms with van der Waals surface area (Å²) in [5.41, 5.74) is 0.867. The number of carbonyl (C=O) groups excluding carboxylic acids is 1. The fraction of sp³-hybridized carbons (Fsp3) is 0.667. The van der Waals surface area contributed by atoms with E-state index in [0.717, 1.165) is 12.1 Å². The number of allylic oxidation sites excluding steroid dienone is 2. The topological polar surface area (TPSA) is 20.3 Å². The van der Waals surface area contributed by atoms with Crippen molar-refractivity contribution in [3.8, 4) is 0 Å². The fourth-order valence-corrected chi connectivity index (χ4v) is 0.683. The quantitative estimate of drug-likeness (QED) is 0.573. The molecule has 64 valence electrons. The van der Waals surface area contributed by atoms with Crippen molar-refractivity contribution in [1.82, 2.24) is 4.90 Å². The van der Waals surface area contributed by atoms with Crippen molar-refractivity contribution in [2.75, 3.05) is 20.6 Å². The molecule has 0 rings (SSSR count). The Balaban J connectivity index is 3.71. The summed E-state index contributed by atoms with van der Waals surface area (Å²) >= 11 is 0. The van der Waals surface area contributed by atoms with Gasteiger partial charge < -0.3 is 4.90 Å². The Morgan fingerprint density at radius 1 is 1.45 bits per heavy atom. The Kier molecular flexibility index (Phi) is 4.79. The van der Waals surface area contributed by atoms with Crippen molar-refractivity contribution in [3.05, 3.63) is 11.6 Å². The Hall–Kier alpha value is -0.630. The van der Waals surface area contributed by atoms with Crippen LogP contribution in [0.1, 0.15) is 20.3 Å². The molecule has 0 heterocycles. The summed E-state index contributed by atoms with van der Waals surface area (Å²) in [5.74, 6) is 0.251. The lowest BCUT2D eigenvalue weighted by molar-refractivity contribution is -0.115. The summed E-state index contributed by atoms with van der Waals surface area (Å²) < 4.78 is 0. The van der Waals surface area contributed by atoms with Crippen LogP contribution in [0.15, 0.2) is 11.6 Å². The van der Waals surface area contributed by atoms with Crippen LogP contribution in [0.5, 0.6) is 0 Å². The van der Waals surface area contributed by atoms with Crippen LogP contribution in [-0.4, -0.2) is 31.3 Å². The number of ketones is 1. The predicted octanol–water partition coefficient (Wildman–Crippen LogP) is 1.47. The SMILES string of the molecule is C/C=C(\C)C(=O)CCN(C)C. The first-order valence-electron chi connectivity index (χ1n) is 3.88. The van der Waals surface area contributed by atoms with Gasteiger partial charge in [-0.1, -0.05) is 6.08 Å². The van der Waals surface area contributed by atoms with Gasteiger partial charge in [0.2, 0.25) is 0 Å². The molecule has 0 amide bonds. The van der Waals surface area contributed by atoms with E-state index in [1.165, 1.54) is 0 Å². The number of Topliss-reactive ketones (excluding diaryl/α,β-unsaturated/α-hetero) is 1. The van der Waals surface area contributed by atoms with Crippen molar-refractivity contribution in [3.63, 3.8) is 0 Å². The van der Waals surface area contributed by atoms with Gasteiger partial charge in [-0.2, -0.15) is 0 Å². The van der Waals surface area contributed by atoms with E-state index < -0.39 is 0 Å². The van der Waals surface area contributed by atoms with Gasteiger partial charge in [-0.05, 0) is 33.5 Å². The summed E-state index contributed by atoms with van der Waals surface area (Å²) in [6.45, 7) is 4.59. The van der Waals surface area contributed by atoms with E-state index in [2.05, 4.69) is 0 Å². The molecule has 2 nitrogen and oxygen atoms in total. The van der Waals surface area contributed by atoms with E-state index in [4.69, 9.17) is 0 Å². The Bertz CT molecular complexity index is 159. The molecule has 0 unspecified atom stereocenters. The lowest BCUT2D eigenvalue weighted by Crippen LogP contribution is -2.16. The molecule has 0 aromatic rings. The predicted molar refractivity (Wildman–Crippen MR) is 47.6 cm³/mol. The zero-order chi connectivity index (χ0) is 8.85. The molecule has 0 saturated carbocycles. The number of nitrogens with zero attached hydrogens (tertiary/aromatic N) is 1. The lowest BCUT2D eigenvalue weighted by Gasteiger charge is -2.07. The molecule has 0 fully saturated rings. The molecule has 0 aromatic heterocycles. The van der Waals surface area contributed by atoms with Crippen molar-refractivity contribution >= 4 is 5.78 Å². The monoisotopic (exact) mass is 155 g/mol. The summed E-state index contributed by atoms with van der Waals surface area (Å²) in [6.07, 6.45) is 2.49. The molecule has 0 aromatic carbocycles. The normalized spacial score (nSPS) is 12.3. The highest BCUT2D eigenvalue weighted by molar-refractivity contribution is 5.94. The van der Waals surface area contributed by atoms with Gasteiger partial charge >= 0.3 is 0 Å². The average Bonchev–Trinajstić information content (AvgIpc) is 1.98. The molecule has 0 radical (unpaired) electrons. The summed E-state index contributed by atoms with van der Waals surface area (Å²) in [5, 5.41) is 0. The van der Waals surface area contributed by atoms with E-state index in [1.807, 2.05) is 38.9 Å². The zero-order valence-electron chi connectivity index (χ0n) is 7.85. The van der Waals surface area contributed by atoms with Crippen LogP contribution in [0.3, 0.4) is 0 Å². The number of carbonyl (C=O) groups is 1. The molecule has 0 bridgehead atoms. The van der Waals surface area contributed by atoms with E-state index in [1.54, 1.807) is 0 Å². The molecular formula is C9H17NO. The molecule has 0 spiro atoms. The van der Waals surface area contributed by atoms with E-state index in [0.29, 0.717) is 6.42 Å². The fourth-order valence-electron chi connectivity index (χ4n) is 0.683. The van der Waals surface area contributed by atoms with Crippen LogP contribution in [0.4, 0.5) is 0 Å². The third-order valence-electron chi connectivity index (χ3n) is 1.66. The van der Waals surface area contributed by atoms with Crippen LogP contribution < -0.4 is 0 Å². The largest absolute Gasteiger partial charge is 0.309 e. The van der Waals surface area contributed by atoms with Gasteiger partial charge in [-0.25, -0.2) is 0 Å². The Labute approximate surface area is 68.9 Å². The van der Waals surface area contributed by atoms with Crippen LogP contribution in [0.25, 0.3) is 0 Å². The Morgan fingerprint density at radius 2 is 2.00 bits per heavy atom. The number of rotatable bonds is 4. The van der Waals surface area contributed by atoms with Crippen molar-refractivity contribution in [2.45, 2.75) is 20.3 Å². The second-order valence-corrected chi connectivity index (χ2v) is 2.95. The van der Waals surface area contributed by atoms with Gasteiger partial charge in [0.05, 0.1) is 0 Å². The maximum Gasteiger partial charge on any atom is 0.159 e. The zero-order valence-corrected chi connectivity index (χ0v) is 7.85. The highest BCUT2D eigenvalue weighted by atomic mass is 16.1. The second kappa shape index (κ2) is 5.08. The van der Waals surface area contributed by atoms with Gasteiger partial charge in [0.1, 0.15) is 0 Å². The molecule has 0 aliphatic carbocycles. The van der Waals surface area contributed by atoms with E-state index >= 15 is 0 Å². The maximum atomic E-state index is 11.2. The third-order valence-corrected chi connectivity index (χ3v) is 1.66. The molecule has 2 heteroatoms. The minimum absolute atomic E-state index is 0.251. The van der Waals surface area contributed by atoms with Gasteiger partial charge in [-0.15, -0.1) is 0 Å². The first kappa shape index (κ1) is 10.4. The van der Waals surface area contributed by atoms with Crippen LogP contribution in [-0.2, 0) is 4.79 Å². The van der Waals surface area contributed by atoms with Gasteiger partial charge in [0, 0.05) is 13.0 Å². The lowest BCUT2D eigenvalue weighted by atomic mass is 10.1. The van der Waals surface area contributed by atoms with E-state index in [-0.39, 0.29) is 5.78 Å². The number of hydrogen-bond donors (Lipinski definition) is 0. The minimum Gasteiger partial charge on any atom is -0.309 e. The average molecular weight is 155 g/mol. The van der Waals surface area contributed by atoms with Crippen LogP contribution in [0, 0.1) is 0 Å². The highest BCUT2D eigenvalue weighted by Crippen LogP contribution is 1.98. The van der Waals surface area contributed by atoms with Crippen molar-refractivity contribution < 1.29 is 4.79 Å². The summed E-state index contributed by atoms with van der Waals surface area (Å²) in [4.78, 5) is 13.2. The standard InChI is InChI=1S/C9H17NO/c1-5-8(2)9(11)6-7-10(3)4/h5H,6-7H2,1-4H3/b8-5+. The third kappa shape index (κ3) is 4.73. The molecule has 0 atom stereocenters. The molecule has 11 heavy (non-hydrogen) atoms. The molecular weight excluding hydrogens is 138 g/mol. The molecule has 0 N–H and O–H groups in total. The number of hydrogen-bond acceptors (Lipinski definition) is 2. The van der Waals surface area contributed by atoms with E-state index in [9.17, 15) is 4.79 Å². The molecule has 0 aliphatic rings. The first-order chi connectivity index (χ1) is 5.07. The Morgan fingerprint density at radius 3 is 2.36 bits per heavy atom. The van der Waals surface area contributed by atoms with Crippen molar-refractivity contribution in [2.24, 2.45) is 0 Å². The van der Waals surface area contributed by atoms with Crippen molar-refractivity contribution in [1.29, 1.82) is 0 Å². The molecule has 0 aliphatic heterocycles. The summed E-state index contributed by atoms with van der Waals surface area (Å²) in [7, 11) is 3.94. The maximum absolute atomic E-state index is 11.2. The van der Waals surface area contributed by atoms with Gasteiger partial charge in [0.25, 0.3) is 0 Å². The highest BCUT2D eigenvalue weighted by Gasteiger charge is 2.02.